The van der Waals surface area contributed by atoms with E-state index in [-0.39, 0.29) is 11.9 Å². The van der Waals surface area contributed by atoms with Gasteiger partial charge in [-0.05, 0) is 59.7 Å². The molecule has 1 aromatic heterocycles. The van der Waals surface area contributed by atoms with Crippen LogP contribution in [-0.4, -0.2) is 16.1 Å². The molecule has 0 radical (unpaired) electrons. The number of nitrogens with one attached hydrogen (secondary N) is 1. The number of aryl methyl sites for hydroxylation is 2. The number of imidazole rings is 1. The van der Waals surface area contributed by atoms with Crippen LogP contribution in [0.4, 0.5) is 4.39 Å². The largest absolute Gasteiger partial charge is 0.338 e. The second kappa shape index (κ2) is 7.89. The Morgan fingerprint density at radius 3 is 2.86 bits per heavy atom. The standard InChI is InChI=1S/C16H21FIN3/c1-3-8-19-15(6-7-16-20-9-10-21(16)2)13-5-4-12(17)11-14(13)18/h4-5,9-11,15,19H,3,6-8H2,1-2H3. The zero-order chi connectivity index (χ0) is 15.2. The second-order valence-corrected chi connectivity index (χ2v) is 6.33. The lowest BCUT2D eigenvalue weighted by molar-refractivity contribution is 0.488. The van der Waals surface area contributed by atoms with Crippen molar-refractivity contribution in [3.63, 3.8) is 0 Å². The maximum atomic E-state index is 13.3. The van der Waals surface area contributed by atoms with Crippen molar-refractivity contribution >= 4 is 22.6 Å². The molecule has 0 saturated carbocycles. The molecule has 0 amide bonds. The molecule has 1 unspecified atom stereocenters. The number of hydrogen-bond donors (Lipinski definition) is 1. The highest BCUT2D eigenvalue weighted by atomic mass is 127. The predicted molar refractivity (Wildman–Crippen MR) is 91.7 cm³/mol. The van der Waals surface area contributed by atoms with E-state index in [2.05, 4.69) is 39.8 Å². The summed E-state index contributed by atoms with van der Waals surface area (Å²) in [5.74, 6) is 0.900. The van der Waals surface area contributed by atoms with Gasteiger partial charge in [0.1, 0.15) is 11.6 Å². The molecule has 1 aromatic carbocycles. The Labute approximate surface area is 139 Å². The van der Waals surface area contributed by atoms with Crippen molar-refractivity contribution in [2.75, 3.05) is 6.54 Å². The van der Waals surface area contributed by atoms with Gasteiger partial charge in [-0.1, -0.05) is 13.0 Å². The minimum Gasteiger partial charge on any atom is -0.338 e. The van der Waals surface area contributed by atoms with Crippen LogP contribution in [0.2, 0.25) is 0 Å². The Balaban J connectivity index is 2.12. The van der Waals surface area contributed by atoms with Gasteiger partial charge >= 0.3 is 0 Å². The highest BCUT2D eigenvalue weighted by Crippen LogP contribution is 2.25. The lowest BCUT2D eigenvalue weighted by Crippen LogP contribution is -2.24. The molecule has 0 saturated heterocycles. The Morgan fingerprint density at radius 2 is 2.24 bits per heavy atom. The fourth-order valence-corrected chi connectivity index (χ4v) is 3.23. The van der Waals surface area contributed by atoms with Crippen molar-refractivity contribution in [2.24, 2.45) is 7.05 Å². The minimum atomic E-state index is -0.179. The van der Waals surface area contributed by atoms with Gasteiger partial charge in [-0.15, -0.1) is 0 Å². The van der Waals surface area contributed by atoms with Gasteiger partial charge in [-0.3, -0.25) is 0 Å². The average Bonchev–Trinajstić information content (AvgIpc) is 2.85. The van der Waals surface area contributed by atoms with Gasteiger partial charge < -0.3 is 9.88 Å². The fourth-order valence-electron chi connectivity index (χ4n) is 2.38. The van der Waals surface area contributed by atoms with Crippen molar-refractivity contribution < 1.29 is 4.39 Å². The molecule has 0 aliphatic carbocycles. The first-order valence-electron chi connectivity index (χ1n) is 7.26. The van der Waals surface area contributed by atoms with E-state index in [1.165, 1.54) is 5.56 Å². The van der Waals surface area contributed by atoms with Gasteiger partial charge in [-0.25, -0.2) is 9.37 Å². The SMILES string of the molecule is CCCNC(CCc1nccn1C)c1ccc(F)cc1I. The Kier molecular flexibility index (Phi) is 6.17. The zero-order valence-corrected chi connectivity index (χ0v) is 14.6. The predicted octanol–water partition coefficient (Wildman–Crippen LogP) is 3.84. The second-order valence-electron chi connectivity index (χ2n) is 5.17. The molecule has 0 bridgehead atoms. The summed E-state index contributed by atoms with van der Waals surface area (Å²) in [6.07, 6.45) is 6.72. The maximum absolute atomic E-state index is 13.3. The molecule has 114 valence electrons. The summed E-state index contributed by atoms with van der Waals surface area (Å²) in [5.41, 5.74) is 1.17. The molecular weight excluding hydrogens is 380 g/mol. The molecule has 5 heteroatoms. The molecule has 1 heterocycles. The summed E-state index contributed by atoms with van der Waals surface area (Å²) >= 11 is 2.21. The third-order valence-corrected chi connectivity index (χ3v) is 4.49. The van der Waals surface area contributed by atoms with E-state index in [1.807, 2.05) is 30.1 Å². The number of halogens is 2. The van der Waals surface area contributed by atoms with Gasteiger partial charge in [-0.2, -0.15) is 0 Å². The molecule has 1 atom stereocenters. The third kappa shape index (κ3) is 4.51. The van der Waals surface area contributed by atoms with E-state index < -0.39 is 0 Å². The lowest BCUT2D eigenvalue weighted by atomic mass is 10.0. The van der Waals surface area contributed by atoms with Crippen LogP contribution >= 0.6 is 22.6 Å². The summed E-state index contributed by atoms with van der Waals surface area (Å²) in [4.78, 5) is 4.37. The smallest absolute Gasteiger partial charge is 0.124 e. The number of hydrogen-bond acceptors (Lipinski definition) is 2. The zero-order valence-electron chi connectivity index (χ0n) is 12.4. The van der Waals surface area contributed by atoms with Crippen molar-refractivity contribution in [1.29, 1.82) is 0 Å². The number of aromatic nitrogens is 2. The van der Waals surface area contributed by atoms with Crippen LogP contribution in [0, 0.1) is 9.39 Å². The normalized spacial score (nSPS) is 12.6. The Hall–Kier alpha value is -0.950. The monoisotopic (exact) mass is 401 g/mol. The summed E-state index contributed by atoms with van der Waals surface area (Å²) in [6.45, 7) is 3.11. The molecule has 0 fully saturated rings. The van der Waals surface area contributed by atoms with Crippen molar-refractivity contribution in [3.05, 3.63) is 51.4 Å². The Morgan fingerprint density at radius 1 is 1.43 bits per heavy atom. The molecule has 21 heavy (non-hydrogen) atoms. The maximum Gasteiger partial charge on any atom is 0.124 e. The summed E-state index contributed by atoms with van der Waals surface area (Å²) in [5, 5.41) is 3.56. The number of benzene rings is 1. The summed E-state index contributed by atoms with van der Waals surface area (Å²) in [6, 6.07) is 5.26. The molecular formula is C16H21FIN3. The van der Waals surface area contributed by atoms with E-state index in [1.54, 1.807) is 12.1 Å². The first-order chi connectivity index (χ1) is 10.1. The first-order valence-corrected chi connectivity index (χ1v) is 8.34. The number of nitrogens with zero attached hydrogens (tertiary/aromatic N) is 2. The highest BCUT2D eigenvalue weighted by Gasteiger charge is 2.15. The molecule has 3 nitrogen and oxygen atoms in total. The van der Waals surface area contributed by atoms with E-state index in [0.717, 1.165) is 35.2 Å². The summed E-state index contributed by atoms with van der Waals surface area (Å²) in [7, 11) is 2.01. The van der Waals surface area contributed by atoms with Crippen LogP contribution in [0.15, 0.2) is 30.6 Å². The highest BCUT2D eigenvalue weighted by molar-refractivity contribution is 14.1. The van der Waals surface area contributed by atoms with Crippen LogP contribution in [0.5, 0.6) is 0 Å². The van der Waals surface area contributed by atoms with E-state index in [9.17, 15) is 4.39 Å². The van der Waals surface area contributed by atoms with Gasteiger partial charge in [0.05, 0.1) is 0 Å². The van der Waals surface area contributed by atoms with Crippen LogP contribution in [0.25, 0.3) is 0 Å². The van der Waals surface area contributed by atoms with Crippen LogP contribution < -0.4 is 5.32 Å². The fraction of sp³-hybridized carbons (Fsp3) is 0.438. The third-order valence-electron chi connectivity index (χ3n) is 3.56. The average molecular weight is 401 g/mol. The molecule has 2 aromatic rings. The van der Waals surface area contributed by atoms with Crippen LogP contribution in [-0.2, 0) is 13.5 Å². The van der Waals surface area contributed by atoms with Gasteiger partial charge in [0.15, 0.2) is 0 Å². The molecule has 0 aliphatic heterocycles. The van der Waals surface area contributed by atoms with Crippen molar-refractivity contribution in [2.45, 2.75) is 32.2 Å². The molecule has 2 rings (SSSR count). The van der Waals surface area contributed by atoms with E-state index in [0.29, 0.717) is 0 Å². The van der Waals surface area contributed by atoms with Crippen molar-refractivity contribution in [3.8, 4) is 0 Å². The van der Waals surface area contributed by atoms with E-state index >= 15 is 0 Å². The van der Waals surface area contributed by atoms with Gasteiger partial charge in [0.2, 0.25) is 0 Å². The topological polar surface area (TPSA) is 29.9 Å². The van der Waals surface area contributed by atoms with Crippen LogP contribution in [0.3, 0.4) is 0 Å². The van der Waals surface area contributed by atoms with E-state index in [4.69, 9.17) is 0 Å². The molecule has 0 spiro atoms. The molecule has 1 N–H and O–H groups in total. The van der Waals surface area contributed by atoms with Crippen molar-refractivity contribution in [1.82, 2.24) is 14.9 Å². The number of rotatable bonds is 7. The van der Waals surface area contributed by atoms with Gasteiger partial charge in [0.25, 0.3) is 0 Å². The molecule has 0 aliphatic rings. The summed E-state index contributed by atoms with van der Waals surface area (Å²) < 4.78 is 16.3. The Bertz CT molecular complexity index is 583. The van der Waals surface area contributed by atoms with Crippen LogP contribution in [0.1, 0.15) is 37.2 Å². The minimum absolute atomic E-state index is 0.179. The van der Waals surface area contributed by atoms with Gasteiger partial charge in [0, 0.05) is 35.5 Å². The lowest BCUT2D eigenvalue weighted by Gasteiger charge is -2.20. The first kappa shape index (κ1) is 16.4. The quantitative estimate of drug-likeness (QED) is 0.715.